The molecule has 0 amide bonds. The van der Waals surface area contributed by atoms with Crippen molar-refractivity contribution in [1.29, 1.82) is 5.26 Å². The van der Waals surface area contributed by atoms with E-state index < -0.39 is 29.0 Å². The van der Waals surface area contributed by atoms with Crippen molar-refractivity contribution < 1.29 is 17.9 Å². The summed E-state index contributed by atoms with van der Waals surface area (Å²) in [6.07, 6.45) is 2.27. The van der Waals surface area contributed by atoms with Crippen LogP contribution < -0.4 is 10.4 Å². The normalized spacial score (nSPS) is 13.3. The highest BCUT2D eigenvalue weighted by Gasteiger charge is 2.25. The number of hydrogen-bond acceptors (Lipinski definition) is 4. The Labute approximate surface area is 186 Å². The molecule has 0 radical (unpaired) electrons. The van der Waals surface area contributed by atoms with Gasteiger partial charge < -0.3 is 4.74 Å². The third-order valence-electron chi connectivity index (χ3n) is 5.78. The van der Waals surface area contributed by atoms with E-state index in [0.29, 0.717) is 18.0 Å². The lowest BCUT2D eigenvalue weighted by Gasteiger charge is -2.10. The Balaban J connectivity index is 1.51. The van der Waals surface area contributed by atoms with Crippen LogP contribution in [-0.2, 0) is 13.6 Å². The van der Waals surface area contributed by atoms with Crippen LogP contribution in [0.1, 0.15) is 18.4 Å². The summed E-state index contributed by atoms with van der Waals surface area (Å²) in [4.78, 5) is 15.8. The number of hydrogen-bond donors (Lipinski definition) is 0. The van der Waals surface area contributed by atoms with Gasteiger partial charge in [-0.1, -0.05) is 18.2 Å². The topological polar surface area (TPSA) is 72.8 Å². The summed E-state index contributed by atoms with van der Waals surface area (Å²) in [7, 11) is 1.72. The van der Waals surface area contributed by atoms with Crippen LogP contribution in [0.4, 0.5) is 13.2 Å². The second-order valence-corrected chi connectivity index (χ2v) is 8.05. The molecule has 2 heterocycles. The number of aromatic nitrogens is 3. The summed E-state index contributed by atoms with van der Waals surface area (Å²) in [5.41, 5.74) is 1.93. The largest absolute Gasteiger partial charge is 0.436 e. The van der Waals surface area contributed by atoms with Gasteiger partial charge in [0, 0.05) is 13.6 Å². The zero-order valence-electron chi connectivity index (χ0n) is 17.5. The molecule has 9 heteroatoms. The second-order valence-electron chi connectivity index (χ2n) is 8.05. The highest BCUT2D eigenvalue weighted by atomic mass is 19.2. The molecule has 0 unspecified atom stereocenters. The molecular formula is C24H17F3N4O2. The zero-order chi connectivity index (χ0) is 23.3. The fourth-order valence-corrected chi connectivity index (χ4v) is 3.83. The standard InChI is InChI=1S/C24H17F3N4O2/c1-30-19-10-15(7-8-18(19)31(24(30)32)12-13-5-6-13)14-3-2-4-16(9-14)33-23-21(26)17(11-28)20(25)22(27)29-23/h2-4,7-10,13H,5-6,12H2,1H3. The number of pyridine rings is 1. The maximum atomic E-state index is 14.3. The molecule has 0 atom stereocenters. The predicted octanol–water partition coefficient (Wildman–Crippen LogP) is 4.89. The number of fused-ring (bicyclic) bond motifs is 1. The third kappa shape index (κ3) is 3.63. The van der Waals surface area contributed by atoms with E-state index in [9.17, 15) is 18.0 Å². The van der Waals surface area contributed by atoms with Gasteiger partial charge in [-0.2, -0.15) is 19.0 Å². The SMILES string of the molecule is Cn1c(=O)n(CC2CC2)c2ccc(-c3cccc(Oc4nc(F)c(F)c(C#N)c4F)c3)cc21. The van der Waals surface area contributed by atoms with Crippen LogP contribution in [0, 0.1) is 34.8 Å². The fraction of sp³-hybridized carbons (Fsp3) is 0.208. The van der Waals surface area contributed by atoms with Crippen molar-refractivity contribution in [3.05, 3.63) is 76.1 Å². The molecule has 0 aliphatic heterocycles. The number of nitriles is 1. The molecule has 1 fully saturated rings. The summed E-state index contributed by atoms with van der Waals surface area (Å²) in [5, 5.41) is 8.88. The van der Waals surface area contributed by atoms with Crippen LogP contribution in [-0.4, -0.2) is 14.1 Å². The maximum Gasteiger partial charge on any atom is 0.328 e. The van der Waals surface area contributed by atoms with Crippen molar-refractivity contribution in [3.63, 3.8) is 0 Å². The number of halogens is 3. The molecule has 33 heavy (non-hydrogen) atoms. The monoisotopic (exact) mass is 450 g/mol. The smallest absolute Gasteiger partial charge is 0.328 e. The van der Waals surface area contributed by atoms with Crippen LogP contribution in [0.25, 0.3) is 22.2 Å². The summed E-state index contributed by atoms with van der Waals surface area (Å²) in [5.74, 6) is -4.83. The molecule has 6 nitrogen and oxygen atoms in total. The van der Waals surface area contributed by atoms with Gasteiger partial charge in [-0.25, -0.2) is 9.18 Å². The van der Waals surface area contributed by atoms with Crippen LogP contribution >= 0.6 is 0 Å². The first-order valence-corrected chi connectivity index (χ1v) is 10.3. The number of ether oxygens (including phenoxy) is 1. The number of rotatable bonds is 5. The van der Waals surface area contributed by atoms with Crippen molar-refractivity contribution in [1.82, 2.24) is 14.1 Å². The Morgan fingerprint density at radius 1 is 1.09 bits per heavy atom. The first kappa shape index (κ1) is 20.8. The van der Waals surface area contributed by atoms with Gasteiger partial charge in [0.05, 0.1) is 11.0 Å². The molecule has 0 spiro atoms. The van der Waals surface area contributed by atoms with E-state index in [1.54, 1.807) is 34.4 Å². The first-order chi connectivity index (χ1) is 15.9. The van der Waals surface area contributed by atoms with E-state index in [1.807, 2.05) is 18.2 Å². The summed E-state index contributed by atoms with van der Waals surface area (Å²) in [6, 6.07) is 13.4. The average Bonchev–Trinajstić information content (AvgIpc) is 3.61. The van der Waals surface area contributed by atoms with Gasteiger partial charge in [0.25, 0.3) is 11.8 Å². The summed E-state index contributed by atoms with van der Waals surface area (Å²) in [6.45, 7) is 0.705. The van der Waals surface area contributed by atoms with E-state index >= 15 is 0 Å². The Hall–Kier alpha value is -4.06. The van der Waals surface area contributed by atoms with Crippen molar-refractivity contribution in [3.8, 4) is 28.8 Å². The van der Waals surface area contributed by atoms with Gasteiger partial charge in [0.1, 0.15) is 17.4 Å². The van der Waals surface area contributed by atoms with Crippen molar-refractivity contribution >= 4 is 11.0 Å². The van der Waals surface area contributed by atoms with Gasteiger partial charge >= 0.3 is 5.69 Å². The number of benzene rings is 2. The molecule has 2 aromatic carbocycles. The maximum absolute atomic E-state index is 14.3. The van der Waals surface area contributed by atoms with E-state index in [1.165, 1.54) is 12.1 Å². The van der Waals surface area contributed by atoms with Gasteiger partial charge in [0.2, 0.25) is 5.82 Å². The quantitative estimate of drug-likeness (QED) is 0.406. The lowest BCUT2D eigenvalue weighted by molar-refractivity contribution is 0.385. The van der Waals surface area contributed by atoms with Crippen LogP contribution in [0.5, 0.6) is 11.6 Å². The van der Waals surface area contributed by atoms with Gasteiger partial charge in [-0.05, 0) is 54.2 Å². The minimum Gasteiger partial charge on any atom is -0.436 e. The van der Waals surface area contributed by atoms with Gasteiger partial charge in [0.15, 0.2) is 5.82 Å². The second kappa shape index (κ2) is 7.81. The third-order valence-corrected chi connectivity index (χ3v) is 5.78. The Morgan fingerprint density at radius 3 is 2.58 bits per heavy atom. The Kier molecular flexibility index (Phi) is 4.93. The molecule has 0 bridgehead atoms. The summed E-state index contributed by atoms with van der Waals surface area (Å²) < 4.78 is 50.2. The highest BCUT2D eigenvalue weighted by Crippen LogP contribution is 2.33. The molecule has 1 aliphatic rings. The lowest BCUT2D eigenvalue weighted by Crippen LogP contribution is -2.22. The molecule has 0 saturated heterocycles. The molecule has 166 valence electrons. The van der Waals surface area contributed by atoms with Gasteiger partial charge in [-0.3, -0.25) is 9.13 Å². The molecule has 0 N–H and O–H groups in total. The van der Waals surface area contributed by atoms with E-state index in [0.717, 1.165) is 29.4 Å². The molecule has 1 aliphatic carbocycles. The van der Waals surface area contributed by atoms with E-state index in [-0.39, 0.29) is 11.4 Å². The fourth-order valence-electron chi connectivity index (χ4n) is 3.83. The molecule has 2 aromatic heterocycles. The Bertz CT molecular complexity index is 1510. The molecule has 1 saturated carbocycles. The number of nitrogens with zero attached hydrogens (tertiary/aromatic N) is 4. The zero-order valence-corrected chi connectivity index (χ0v) is 17.5. The predicted molar refractivity (Wildman–Crippen MR) is 114 cm³/mol. The van der Waals surface area contributed by atoms with Crippen LogP contribution in [0.2, 0.25) is 0 Å². The van der Waals surface area contributed by atoms with Crippen LogP contribution in [0.15, 0.2) is 47.3 Å². The van der Waals surface area contributed by atoms with E-state index in [4.69, 9.17) is 10.00 Å². The Morgan fingerprint density at radius 2 is 1.85 bits per heavy atom. The van der Waals surface area contributed by atoms with Gasteiger partial charge in [-0.15, -0.1) is 0 Å². The minimum absolute atomic E-state index is 0.0701. The lowest BCUT2D eigenvalue weighted by atomic mass is 10.0. The van der Waals surface area contributed by atoms with Crippen molar-refractivity contribution in [2.45, 2.75) is 19.4 Å². The van der Waals surface area contributed by atoms with Crippen molar-refractivity contribution in [2.75, 3.05) is 0 Å². The highest BCUT2D eigenvalue weighted by molar-refractivity contribution is 5.83. The minimum atomic E-state index is -1.66. The number of aryl methyl sites for hydroxylation is 1. The number of imidazole rings is 1. The molecule has 4 aromatic rings. The first-order valence-electron chi connectivity index (χ1n) is 10.3. The average molecular weight is 450 g/mol. The molecular weight excluding hydrogens is 433 g/mol. The molecule has 5 rings (SSSR count). The van der Waals surface area contributed by atoms with E-state index in [2.05, 4.69) is 4.98 Å². The van der Waals surface area contributed by atoms with Crippen molar-refractivity contribution in [2.24, 2.45) is 13.0 Å². The summed E-state index contributed by atoms with van der Waals surface area (Å²) >= 11 is 0. The van der Waals surface area contributed by atoms with Crippen LogP contribution in [0.3, 0.4) is 0 Å².